The van der Waals surface area contributed by atoms with Crippen molar-refractivity contribution < 1.29 is 4.74 Å². The summed E-state index contributed by atoms with van der Waals surface area (Å²) in [5.41, 5.74) is 3.77. The van der Waals surface area contributed by atoms with Gasteiger partial charge in [0.15, 0.2) is 0 Å². The fourth-order valence-corrected chi connectivity index (χ4v) is 3.58. The van der Waals surface area contributed by atoms with Gasteiger partial charge in [-0.1, -0.05) is 0 Å². The van der Waals surface area contributed by atoms with E-state index in [9.17, 15) is 0 Å². The maximum absolute atomic E-state index is 5.49. The van der Waals surface area contributed by atoms with Gasteiger partial charge >= 0.3 is 0 Å². The van der Waals surface area contributed by atoms with Crippen LogP contribution in [0.4, 0.5) is 0 Å². The van der Waals surface area contributed by atoms with E-state index in [1.807, 2.05) is 5.51 Å². The van der Waals surface area contributed by atoms with Crippen molar-refractivity contribution in [3.05, 3.63) is 16.6 Å². The van der Waals surface area contributed by atoms with Crippen molar-refractivity contribution in [2.24, 2.45) is 5.41 Å². The molecule has 3 rings (SSSR count). The Morgan fingerprint density at radius 3 is 2.65 bits per heavy atom. The van der Waals surface area contributed by atoms with Crippen LogP contribution in [0.25, 0.3) is 0 Å². The van der Waals surface area contributed by atoms with Gasteiger partial charge < -0.3 is 4.74 Å². The van der Waals surface area contributed by atoms with Gasteiger partial charge in [-0.05, 0) is 44.2 Å². The number of ether oxygens (including phenoxy) is 1. The van der Waals surface area contributed by atoms with Gasteiger partial charge in [0, 0.05) is 25.1 Å². The van der Waals surface area contributed by atoms with E-state index in [0.29, 0.717) is 5.41 Å². The van der Waals surface area contributed by atoms with Crippen molar-refractivity contribution in [1.82, 2.24) is 9.88 Å². The first kappa shape index (κ1) is 11.6. The summed E-state index contributed by atoms with van der Waals surface area (Å²) >= 11 is 1.70. The molecule has 0 amide bonds. The first-order valence-electron chi connectivity index (χ1n) is 6.54. The summed E-state index contributed by atoms with van der Waals surface area (Å²) < 4.78 is 5.49. The minimum Gasteiger partial charge on any atom is -0.381 e. The normalized spacial score (nSPS) is 25.2. The highest BCUT2D eigenvalue weighted by Gasteiger charge is 2.35. The lowest BCUT2D eigenvalue weighted by molar-refractivity contribution is -0.0219. The maximum atomic E-state index is 5.49. The lowest BCUT2D eigenvalue weighted by Gasteiger charge is -2.44. The molecule has 17 heavy (non-hydrogen) atoms. The third-order valence-electron chi connectivity index (χ3n) is 4.34. The summed E-state index contributed by atoms with van der Waals surface area (Å²) in [4.78, 5) is 6.92. The second-order valence-electron chi connectivity index (χ2n) is 5.37. The number of hydrogen-bond acceptors (Lipinski definition) is 4. The van der Waals surface area contributed by atoms with Crippen LogP contribution < -0.4 is 0 Å². The minimum atomic E-state index is 0.608. The van der Waals surface area contributed by atoms with Gasteiger partial charge in [0.2, 0.25) is 0 Å². The zero-order valence-corrected chi connectivity index (χ0v) is 11.0. The highest BCUT2D eigenvalue weighted by Crippen LogP contribution is 2.40. The average Bonchev–Trinajstić information content (AvgIpc) is 2.87. The first-order chi connectivity index (χ1) is 8.36. The zero-order chi connectivity index (χ0) is 11.6. The summed E-state index contributed by atoms with van der Waals surface area (Å²) in [5.74, 6) is 0. The van der Waals surface area contributed by atoms with E-state index >= 15 is 0 Å². The van der Waals surface area contributed by atoms with Crippen molar-refractivity contribution in [3.8, 4) is 0 Å². The molecule has 2 aliphatic rings. The lowest BCUT2D eigenvalue weighted by atomic mass is 9.72. The standard InChI is InChI=1S/C13H20N2OS/c1-5-15(9-12-10-17-11-14-12)6-2-13(1)3-7-16-8-4-13/h10-11H,1-9H2. The van der Waals surface area contributed by atoms with Crippen LogP contribution in [0.15, 0.2) is 10.9 Å². The summed E-state index contributed by atoms with van der Waals surface area (Å²) in [5, 5.41) is 2.17. The third kappa shape index (κ3) is 2.69. The molecule has 1 aromatic rings. The Morgan fingerprint density at radius 1 is 1.24 bits per heavy atom. The molecule has 0 bridgehead atoms. The van der Waals surface area contributed by atoms with Crippen molar-refractivity contribution in [2.45, 2.75) is 32.2 Å². The van der Waals surface area contributed by atoms with Crippen molar-refractivity contribution in [3.63, 3.8) is 0 Å². The molecule has 0 aliphatic carbocycles. The van der Waals surface area contributed by atoms with Gasteiger partial charge in [-0.25, -0.2) is 4.98 Å². The van der Waals surface area contributed by atoms with E-state index < -0.39 is 0 Å². The third-order valence-corrected chi connectivity index (χ3v) is 4.97. The topological polar surface area (TPSA) is 25.4 Å². The summed E-state index contributed by atoms with van der Waals surface area (Å²) in [6.45, 7) is 5.46. The molecule has 3 heterocycles. The van der Waals surface area contributed by atoms with Crippen LogP contribution in [0.1, 0.15) is 31.4 Å². The van der Waals surface area contributed by atoms with Gasteiger partial charge in [0.05, 0.1) is 11.2 Å². The predicted molar refractivity (Wildman–Crippen MR) is 69.1 cm³/mol. The number of thiazole rings is 1. The van der Waals surface area contributed by atoms with Crippen molar-refractivity contribution >= 4 is 11.3 Å². The predicted octanol–water partition coefficient (Wildman–Crippen LogP) is 2.54. The Labute approximate surface area is 107 Å². The zero-order valence-electron chi connectivity index (χ0n) is 10.2. The van der Waals surface area contributed by atoms with Gasteiger partial charge in [-0.3, -0.25) is 4.90 Å². The highest BCUT2D eigenvalue weighted by molar-refractivity contribution is 7.07. The van der Waals surface area contributed by atoms with Crippen LogP contribution in [-0.2, 0) is 11.3 Å². The summed E-state index contributed by atoms with van der Waals surface area (Å²) in [6, 6.07) is 0. The molecule has 0 radical (unpaired) electrons. The number of piperidine rings is 1. The minimum absolute atomic E-state index is 0.608. The fourth-order valence-electron chi connectivity index (χ4n) is 3.03. The van der Waals surface area contributed by atoms with Crippen LogP contribution in [-0.4, -0.2) is 36.2 Å². The van der Waals surface area contributed by atoms with Crippen LogP contribution in [0.5, 0.6) is 0 Å². The number of aromatic nitrogens is 1. The Bertz CT molecular complexity index is 336. The second-order valence-corrected chi connectivity index (χ2v) is 6.09. The van der Waals surface area contributed by atoms with Gasteiger partial charge in [0.1, 0.15) is 0 Å². The summed E-state index contributed by atoms with van der Waals surface area (Å²) in [7, 11) is 0. The Hall–Kier alpha value is -0.450. The summed E-state index contributed by atoms with van der Waals surface area (Å²) in [6.07, 6.45) is 5.25. The van der Waals surface area contributed by atoms with Gasteiger partial charge in [0.25, 0.3) is 0 Å². The van der Waals surface area contributed by atoms with Crippen LogP contribution in [0, 0.1) is 5.41 Å². The van der Waals surface area contributed by atoms with Gasteiger partial charge in [-0.2, -0.15) is 0 Å². The SMILES string of the molecule is c1nc(CN2CCC3(CCOCC3)CC2)cs1. The maximum Gasteiger partial charge on any atom is 0.0795 e. The Balaban J connectivity index is 1.53. The molecule has 3 nitrogen and oxygen atoms in total. The molecule has 2 saturated heterocycles. The number of rotatable bonds is 2. The van der Waals surface area contributed by atoms with E-state index in [1.165, 1.54) is 44.5 Å². The molecule has 1 spiro atoms. The Kier molecular flexibility index (Phi) is 3.45. The Morgan fingerprint density at radius 2 is 2.00 bits per heavy atom. The van der Waals surface area contributed by atoms with E-state index in [0.717, 1.165) is 19.8 Å². The molecular formula is C13H20N2OS. The van der Waals surface area contributed by atoms with Crippen LogP contribution >= 0.6 is 11.3 Å². The van der Waals surface area contributed by atoms with Crippen LogP contribution in [0.3, 0.4) is 0 Å². The van der Waals surface area contributed by atoms with Crippen molar-refractivity contribution in [2.75, 3.05) is 26.3 Å². The largest absolute Gasteiger partial charge is 0.381 e. The molecule has 0 N–H and O–H groups in total. The van der Waals surface area contributed by atoms with E-state index in [2.05, 4.69) is 15.3 Å². The number of nitrogens with zero attached hydrogens (tertiary/aromatic N) is 2. The molecular weight excluding hydrogens is 232 g/mol. The average molecular weight is 252 g/mol. The van der Waals surface area contributed by atoms with Crippen LogP contribution in [0.2, 0.25) is 0 Å². The molecule has 94 valence electrons. The number of likely N-dealkylation sites (tertiary alicyclic amines) is 1. The molecule has 0 aromatic carbocycles. The van der Waals surface area contributed by atoms with E-state index in [4.69, 9.17) is 4.74 Å². The second kappa shape index (κ2) is 5.04. The first-order valence-corrected chi connectivity index (χ1v) is 7.48. The smallest absolute Gasteiger partial charge is 0.0795 e. The monoisotopic (exact) mass is 252 g/mol. The number of hydrogen-bond donors (Lipinski definition) is 0. The molecule has 0 saturated carbocycles. The lowest BCUT2D eigenvalue weighted by Crippen LogP contribution is -2.42. The quantitative estimate of drug-likeness (QED) is 0.809. The molecule has 1 aromatic heterocycles. The molecule has 4 heteroatoms. The van der Waals surface area contributed by atoms with E-state index in [1.54, 1.807) is 11.3 Å². The highest BCUT2D eigenvalue weighted by atomic mass is 32.1. The molecule has 0 unspecified atom stereocenters. The van der Waals surface area contributed by atoms with Crippen molar-refractivity contribution in [1.29, 1.82) is 0 Å². The molecule has 2 aliphatic heterocycles. The fraction of sp³-hybridized carbons (Fsp3) is 0.769. The molecule has 0 atom stereocenters. The van der Waals surface area contributed by atoms with E-state index in [-0.39, 0.29) is 0 Å². The molecule has 2 fully saturated rings. The van der Waals surface area contributed by atoms with Gasteiger partial charge in [-0.15, -0.1) is 11.3 Å².